The molecule has 2 atom stereocenters. The Bertz CT molecular complexity index is 690. The highest BCUT2D eigenvalue weighted by Crippen LogP contribution is 2.17. The summed E-state index contributed by atoms with van der Waals surface area (Å²) in [5.41, 5.74) is 0.674. The second-order valence-electron chi connectivity index (χ2n) is 6.33. The van der Waals surface area contributed by atoms with Gasteiger partial charge in [0, 0.05) is 6.20 Å². The van der Waals surface area contributed by atoms with Gasteiger partial charge in [-0.25, -0.2) is 4.79 Å². The number of nitrogens with zero attached hydrogens (tertiary/aromatic N) is 1. The number of benzene rings is 1. The highest BCUT2D eigenvalue weighted by molar-refractivity contribution is 5.97. The number of hydrogen-bond acceptors (Lipinski definition) is 5. The SMILES string of the molecule is COc1ccc(C(C)NC(=O)/C(C#N)=C\NC(CC(C)C)C(=O)O)cc1. The number of carbonyl (C=O) groups excluding carboxylic acids is 1. The number of ether oxygens (including phenoxy) is 1. The van der Waals surface area contributed by atoms with Gasteiger partial charge in [-0.2, -0.15) is 5.26 Å². The predicted molar refractivity (Wildman–Crippen MR) is 97.3 cm³/mol. The largest absolute Gasteiger partial charge is 0.497 e. The molecule has 26 heavy (non-hydrogen) atoms. The van der Waals surface area contributed by atoms with E-state index in [1.54, 1.807) is 32.2 Å². The minimum atomic E-state index is -1.03. The van der Waals surface area contributed by atoms with Crippen LogP contribution in [0.15, 0.2) is 36.0 Å². The van der Waals surface area contributed by atoms with Crippen LogP contribution in [0.1, 0.15) is 38.8 Å². The van der Waals surface area contributed by atoms with Crippen molar-refractivity contribution in [2.75, 3.05) is 7.11 Å². The average Bonchev–Trinajstić information content (AvgIpc) is 2.60. The molecule has 0 saturated heterocycles. The van der Waals surface area contributed by atoms with Crippen molar-refractivity contribution < 1.29 is 19.4 Å². The van der Waals surface area contributed by atoms with Crippen molar-refractivity contribution in [1.29, 1.82) is 5.26 Å². The lowest BCUT2D eigenvalue weighted by molar-refractivity contribution is -0.139. The number of nitrogens with one attached hydrogen (secondary N) is 2. The first-order valence-electron chi connectivity index (χ1n) is 8.32. The van der Waals surface area contributed by atoms with Gasteiger partial charge in [0.15, 0.2) is 0 Å². The summed E-state index contributed by atoms with van der Waals surface area (Å²) < 4.78 is 5.09. The van der Waals surface area contributed by atoms with Crippen molar-refractivity contribution in [2.24, 2.45) is 5.92 Å². The molecule has 0 fully saturated rings. The molecule has 0 radical (unpaired) electrons. The Balaban J connectivity index is 2.77. The van der Waals surface area contributed by atoms with Gasteiger partial charge >= 0.3 is 5.97 Å². The molecule has 0 aliphatic rings. The maximum atomic E-state index is 12.3. The summed E-state index contributed by atoms with van der Waals surface area (Å²) in [6.45, 7) is 5.59. The van der Waals surface area contributed by atoms with E-state index in [4.69, 9.17) is 4.74 Å². The van der Waals surface area contributed by atoms with Crippen LogP contribution in [0, 0.1) is 17.2 Å². The first-order valence-corrected chi connectivity index (χ1v) is 8.32. The Hall–Kier alpha value is -3.01. The first kappa shape index (κ1) is 21.0. The van der Waals surface area contributed by atoms with E-state index >= 15 is 0 Å². The van der Waals surface area contributed by atoms with E-state index in [1.165, 1.54) is 0 Å². The smallest absolute Gasteiger partial charge is 0.326 e. The Labute approximate surface area is 153 Å². The van der Waals surface area contributed by atoms with Gasteiger partial charge in [0.1, 0.15) is 23.4 Å². The average molecular weight is 359 g/mol. The third-order valence-electron chi connectivity index (χ3n) is 3.76. The molecule has 1 aromatic carbocycles. The molecule has 7 heteroatoms. The van der Waals surface area contributed by atoms with Crippen molar-refractivity contribution in [2.45, 2.75) is 39.3 Å². The number of rotatable bonds is 9. The van der Waals surface area contributed by atoms with Gasteiger partial charge in [0.05, 0.1) is 13.2 Å². The van der Waals surface area contributed by atoms with Crippen LogP contribution in [0.2, 0.25) is 0 Å². The van der Waals surface area contributed by atoms with Crippen LogP contribution >= 0.6 is 0 Å². The summed E-state index contributed by atoms with van der Waals surface area (Å²) in [6.07, 6.45) is 1.55. The fraction of sp³-hybridized carbons (Fsp3) is 0.421. The minimum absolute atomic E-state index is 0.159. The van der Waals surface area contributed by atoms with Gasteiger partial charge in [-0.15, -0.1) is 0 Å². The quantitative estimate of drug-likeness (QED) is 0.461. The number of carboxylic acids is 1. The zero-order valence-electron chi connectivity index (χ0n) is 15.4. The fourth-order valence-corrected chi connectivity index (χ4v) is 2.29. The van der Waals surface area contributed by atoms with Gasteiger partial charge in [-0.05, 0) is 37.0 Å². The van der Waals surface area contributed by atoms with Gasteiger partial charge in [-0.1, -0.05) is 26.0 Å². The zero-order valence-corrected chi connectivity index (χ0v) is 15.4. The van der Waals surface area contributed by atoms with E-state index in [0.717, 1.165) is 11.8 Å². The molecule has 0 heterocycles. The van der Waals surface area contributed by atoms with E-state index in [9.17, 15) is 20.0 Å². The molecule has 3 N–H and O–H groups in total. The Morgan fingerprint density at radius 2 is 1.88 bits per heavy atom. The molecule has 0 spiro atoms. The van der Waals surface area contributed by atoms with E-state index in [-0.39, 0.29) is 17.5 Å². The van der Waals surface area contributed by atoms with Gasteiger partial charge in [-0.3, -0.25) is 4.79 Å². The molecule has 2 unspecified atom stereocenters. The summed E-state index contributed by atoms with van der Waals surface area (Å²) in [5.74, 6) is -0.735. The molecule has 7 nitrogen and oxygen atoms in total. The Kier molecular flexibility index (Phi) is 8.16. The van der Waals surface area contributed by atoms with Crippen LogP contribution in [-0.2, 0) is 9.59 Å². The predicted octanol–water partition coefficient (Wildman–Crippen LogP) is 2.37. The number of methoxy groups -OCH3 is 1. The Morgan fingerprint density at radius 1 is 1.27 bits per heavy atom. The van der Waals surface area contributed by atoms with Crippen molar-refractivity contribution in [1.82, 2.24) is 10.6 Å². The molecule has 1 rings (SSSR count). The third-order valence-corrected chi connectivity index (χ3v) is 3.76. The normalized spacial score (nSPS) is 13.5. The number of amides is 1. The molecule has 0 aliphatic carbocycles. The van der Waals surface area contributed by atoms with E-state index < -0.39 is 17.9 Å². The molecular formula is C19H25N3O4. The van der Waals surface area contributed by atoms with Crippen molar-refractivity contribution in [3.63, 3.8) is 0 Å². The maximum Gasteiger partial charge on any atom is 0.326 e. The first-order chi connectivity index (χ1) is 12.3. The molecular weight excluding hydrogens is 334 g/mol. The van der Waals surface area contributed by atoms with E-state index in [0.29, 0.717) is 12.2 Å². The van der Waals surface area contributed by atoms with Crippen LogP contribution in [0.3, 0.4) is 0 Å². The number of aliphatic carboxylic acids is 1. The van der Waals surface area contributed by atoms with Crippen LogP contribution in [0.5, 0.6) is 5.75 Å². The number of carbonyl (C=O) groups is 2. The van der Waals surface area contributed by atoms with Crippen LogP contribution in [0.25, 0.3) is 0 Å². The summed E-state index contributed by atoms with van der Waals surface area (Å²) in [5, 5.41) is 23.8. The number of nitriles is 1. The van der Waals surface area contributed by atoms with Gasteiger partial charge < -0.3 is 20.5 Å². The second-order valence-corrected chi connectivity index (χ2v) is 6.33. The Morgan fingerprint density at radius 3 is 2.35 bits per heavy atom. The molecule has 140 valence electrons. The molecule has 0 saturated carbocycles. The monoisotopic (exact) mass is 359 g/mol. The maximum absolute atomic E-state index is 12.3. The molecule has 0 bridgehead atoms. The topological polar surface area (TPSA) is 111 Å². The van der Waals surface area contributed by atoms with Gasteiger partial charge in [0.2, 0.25) is 0 Å². The van der Waals surface area contributed by atoms with Crippen LogP contribution < -0.4 is 15.4 Å². The summed E-state index contributed by atoms with van der Waals surface area (Å²) >= 11 is 0. The molecule has 1 aromatic rings. The third kappa shape index (κ3) is 6.48. The lowest BCUT2D eigenvalue weighted by atomic mass is 10.0. The molecule has 1 amide bonds. The minimum Gasteiger partial charge on any atom is -0.497 e. The highest BCUT2D eigenvalue weighted by Gasteiger charge is 2.19. The van der Waals surface area contributed by atoms with Gasteiger partial charge in [0.25, 0.3) is 5.91 Å². The van der Waals surface area contributed by atoms with Crippen molar-refractivity contribution in [3.8, 4) is 11.8 Å². The van der Waals surface area contributed by atoms with E-state index in [2.05, 4.69) is 10.6 Å². The second kappa shape index (κ2) is 10.1. The summed E-state index contributed by atoms with van der Waals surface area (Å²) in [4.78, 5) is 23.5. The summed E-state index contributed by atoms with van der Waals surface area (Å²) in [6, 6.07) is 7.82. The van der Waals surface area contributed by atoms with Crippen molar-refractivity contribution in [3.05, 3.63) is 41.6 Å². The van der Waals surface area contributed by atoms with Crippen LogP contribution in [-0.4, -0.2) is 30.1 Å². The molecule has 0 aliphatic heterocycles. The fourth-order valence-electron chi connectivity index (χ4n) is 2.29. The lowest BCUT2D eigenvalue weighted by Gasteiger charge is -2.16. The standard InChI is InChI=1S/C19H25N3O4/c1-12(2)9-17(19(24)25)21-11-15(10-20)18(23)22-13(3)14-5-7-16(26-4)8-6-14/h5-8,11-13,17,21H,9H2,1-4H3,(H,22,23)(H,24,25)/b15-11-. The highest BCUT2D eigenvalue weighted by atomic mass is 16.5. The molecule has 0 aromatic heterocycles. The zero-order chi connectivity index (χ0) is 19.7. The lowest BCUT2D eigenvalue weighted by Crippen LogP contribution is -2.36. The summed E-state index contributed by atoms with van der Waals surface area (Å²) in [7, 11) is 1.57. The van der Waals surface area contributed by atoms with E-state index in [1.807, 2.05) is 26.0 Å². The van der Waals surface area contributed by atoms with Crippen LogP contribution in [0.4, 0.5) is 0 Å². The number of hydrogen-bond donors (Lipinski definition) is 3. The van der Waals surface area contributed by atoms with Crippen molar-refractivity contribution >= 4 is 11.9 Å². The number of carboxylic acid groups (broad SMARTS) is 1.